The third-order valence-corrected chi connectivity index (χ3v) is 7.18. The topological polar surface area (TPSA) is 72.0 Å². The molecule has 32 heavy (non-hydrogen) atoms. The van der Waals surface area contributed by atoms with E-state index < -0.39 is 0 Å². The van der Waals surface area contributed by atoms with Crippen LogP contribution in [0.1, 0.15) is 29.2 Å². The number of hydrogen-bond acceptors (Lipinski definition) is 7. The molecule has 0 saturated carbocycles. The molecule has 1 amide bonds. The number of aryl methyl sites for hydroxylation is 2. The van der Waals surface area contributed by atoms with Crippen LogP contribution in [0.2, 0.25) is 5.02 Å². The van der Waals surface area contributed by atoms with Crippen molar-refractivity contribution in [3.8, 4) is 0 Å². The Kier molecular flexibility index (Phi) is 5.75. The molecular formula is C23H25ClN6OS. The van der Waals surface area contributed by atoms with Gasteiger partial charge >= 0.3 is 0 Å². The lowest BCUT2D eigenvalue weighted by molar-refractivity contribution is -0.113. The predicted molar refractivity (Wildman–Crippen MR) is 130 cm³/mol. The van der Waals surface area contributed by atoms with Crippen molar-refractivity contribution in [1.82, 2.24) is 20.8 Å². The van der Waals surface area contributed by atoms with Gasteiger partial charge in [0.2, 0.25) is 5.91 Å². The number of anilines is 1. The number of hydrogen-bond donors (Lipinski definition) is 3. The van der Waals surface area contributed by atoms with E-state index in [4.69, 9.17) is 11.6 Å². The van der Waals surface area contributed by atoms with Crippen molar-refractivity contribution < 1.29 is 4.79 Å². The highest BCUT2D eigenvalue weighted by Gasteiger charge is 2.44. The van der Waals surface area contributed by atoms with Crippen molar-refractivity contribution in [2.24, 2.45) is 5.10 Å². The molecule has 166 valence electrons. The van der Waals surface area contributed by atoms with Crippen molar-refractivity contribution >= 4 is 40.1 Å². The van der Waals surface area contributed by atoms with E-state index in [0.29, 0.717) is 5.75 Å². The third kappa shape index (κ3) is 4.18. The minimum absolute atomic E-state index is 0.0229. The number of carbonyl (C=O) groups excluding carboxylic acids is 1. The first-order chi connectivity index (χ1) is 15.5. The van der Waals surface area contributed by atoms with Gasteiger partial charge in [-0.15, -0.1) is 0 Å². The second-order valence-electron chi connectivity index (χ2n) is 8.27. The summed E-state index contributed by atoms with van der Waals surface area (Å²) in [6.45, 7) is 4.05. The van der Waals surface area contributed by atoms with E-state index in [9.17, 15) is 4.79 Å². The molecule has 3 aliphatic heterocycles. The molecule has 2 aromatic carbocycles. The molecule has 3 aliphatic rings. The lowest BCUT2D eigenvalue weighted by Crippen LogP contribution is -2.54. The number of amidine groups is 1. The van der Waals surface area contributed by atoms with Gasteiger partial charge in [-0.05, 0) is 49.6 Å². The van der Waals surface area contributed by atoms with Crippen LogP contribution in [0.15, 0.2) is 60.0 Å². The van der Waals surface area contributed by atoms with Gasteiger partial charge in [0, 0.05) is 23.1 Å². The highest BCUT2D eigenvalue weighted by atomic mass is 35.5. The van der Waals surface area contributed by atoms with Crippen molar-refractivity contribution in [2.45, 2.75) is 38.5 Å². The van der Waals surface area contributed by atoms with Crippen LogP contribution in [0, 0.1) is 13.8 Å². The van der Waals surface area contributed by atoms with Crippen molar-refractivity contribution in [1.29, 1.82) is 0 Å². The average molecular weight is 469 g/mol. The normalized spacial score (nSPS) is 23.5. The second-order valence-corrected chi connectivity index (χ2v) is 9.65. The van der Waals surface area contributed by atoms with Gasteiger partial charge in [-0.25, -0.2) is 5.43 Å². The molecule has 0 aromatic heterocycles. The zero-order valence-corrected chi connectivity index (χ0v) is 19.5. The van der Waals surface area contributed by atoms with E-state index in [1.54, 1.807) is 0 Å². The minimum Gasteiger partial charge on any atom is -0.325 e. The lowest BCUT2D eigenvalue weighted by atomic mass is 10.00. The van der Waals surface area contributed by atoms with Gasteiger partial charge in [0.25, 0.3) is 0 Å². The van der Waals surface area contributed by atoms with Crippen LogP contribution in [-0.4, -0.2) is 38.9 Å². The summed E-state index contributed by atoms with van der Waals surface area (Å²) in [5.74, 6) is 0.256. The summed E-state index contributed by atoms with van der Waals surface area (Å²) < 4.78 is 0. The first kappa shape index (κ1) is 21.2. The van der Waals surface area contributed by atoms with Crippen LogP contribution < -0.4 is 16.2 Å². The molecule has 2 aromatic rings. The predicted octanol–water partition coefficient (Wildman–Crippen LogP) is 3.94. The number of nitrogens with zero attached hydrogens (tertiary/aromatic N) is 3. The maximum Gasteiger partial charge on any atom is 0.234 e. The molecule has 0 spiro atoms. The van der Waals surface area contributed by atoms with Gasteiger partial charge in [-0.2, -0.15) is 5.10 Å². The summed E-state index contributed by atoms with van der Waals surface area (Å²) >= 11 is 7.47. The van der Waals surface area contributed by atoms with Gasteiger partial charge in [0.15, 0.2) is 5.17 Å². The highest BCUT2D eigenvalue weighted by molar-refractivity contribution is 8.14. The number of fused-ring (bicyclic) bond motifs is 3. The van der Waals surface area contributed by atoms with Gasteiger partial charge in [0.1, 0.15) is 6.17 Å². The number of hydrazine groups is 1. The standard InChI is InChI=1S/C23H25ClN6OS/c1-14-3-8-18(15(2)11-14)25-21(31)13-32-23-27-26-22-20-12-19(16-4-6-17(24)7-5-16)28-30(20)10-9-29(22)23/h3-11,19-20,22,26,28H,12-13H2,1-2H3,(H,25,31). The van der Waals surface area contributed by atoms with Crippen LogP contribution in [0.3, 0.4) is 0 Å². The Morgan fingerprint density at radius 2 is 2.03 bits per heavy atom. The Balaban J connectivity index is 1.18. The summed E-state index contributed by atoms with van der Waals surface area (Å²) in [4.78, 5) is 14.6. The van der Waals surface area contributed by atoms with Crippen molar-refractivity contribution in [3.05, 3.63) is 76.6 Å². The SMILES string of the molecule is Cc1ccc(NC(=O)CSC2=NNC3C4CC(c5ccc(Cl)cc5)NN4C=CN23)c(C)c1. The molecule has 0 radical (unpaired) electrons. The van der Waals surface area contributed by atoms with Gasteiger partial charge < -0.3 is 15.2 Å². The number of thioether (sulfide) groups is 1. The molecule has 1 fully saturated rings. The Morgan fingerprint density at radius 1 is 1.22 bits per heavy atom. The Morgan fingerprint density at radius 3 is 2.81 bits per heavy atom. The number of carbonyl (C=O) groups is 1. The van der Waals surface area contributed by atoms with Crippen LogP contribution in [-0.2, 0) is 4.79 Å². The Hall–Kier alpha value is -2.68. The molecule has 9 heteroatoms. The maximum atomic E-state index is 12.5. The fraction of sp³-hybridized carbons (Fsp3) is 0.304. The van der Waals surface area contributed by atoms with Crippen LogP contribution >= 0.6 is 23.4 Å². The average Bonchev–Trinajstić information content (AvgIpc) is 3.38. The largest absolute Gasteiger partial charge is 0.325 e. The van der Waals surface area contributed by atoms with E-state index in [-0.39, 0.29) is 24.2 Å². The summed E-state index contributed by atoms with van der Waals surface area (Å²) in [5.41, 5.74) is 11.1. The molecule has 7 nitrogen and oxygen atoms in total. The molecular weight excluding hydrogens is 444 g/mol. The van der Waals surface area contributed by atoms with Crippen LogP contribution in [0.5, 0.6) is 0 Å². The molecule has 5 rings (SSSR count). The number of halogens is 1. The summed E-state index contributed by atoms with van der Waals surface area (Å²) in [7, 11) is 0. The molecule has 0 bridgehead atoms. The van der Waals surface area contributed by atoms with Crippen LogP contribution in [0.25, 0.3) is 0 Å². The molecule has 3 unspecified atom stereocenters. The molecule has 0 aliphatic carbocycles. The van der Waals surface area contributed by atoms with E-state index >= 15 is 0 Å². The number of benzene rings is 2. The Labute approximate surface area is 196 Å². The fourth-order valence-electron chi connectivity index (χ4n) is 4.33. The Bertz CT molecular complexity index is 1090. The smallest absolute Gasteiger partial charge is 0.234 e. The summed E-state index contributed by atoms with van der Waals surface area (Å²) in [6, 6.07) is 14.4. The van der Waals surface area contributed by atoms with Gasteiger partial charge in [-0.3, -0.25) is 10.2 Å². The first-order valence-electron chi connectivity index (χ1n) is 10.6. The summed E-state index contributed by atoms with van der Waals surface area (Å²) in [6.07, 6.45) is 5.00. The zero-order valence-electron chi connectivity index (χ0n) is 17.9. The van der Waals surface area contributed by atoms with Gasteiger partial charge in [-0.1, -0.05) is 53.2 Å². The quantitative estimate of drug-likeness (QED) is 0.631. The number of hydrazone groups is 1. The van der Waals surface area contributed by atoms with Gasteiger partial charge in [0.05, 0.1) is 17.8 Å². The molecule has 3 N–H and O–H groups in total. The monoisotopic (exact) mass is 468 g/mol. The fourth-order valence-corrected chi connectivity index (χ4v) is 5.23. The summed E-state index contributed by atoms with van der Waals surface area (Å²) in [5, 5.41) is 11.2. The number of nitrogens with one attached hydrogen (secondary N) is 3. The van der Waals surface area contributed by atoms with Crippen molar-refractivity contribution in [2.75, 3.05) is 11.1 Å². The number of rotatable bonds is 4. The van der Waals surface area contributed by atoms with E-state index in [1.165, 1.54) is 22.9 Å². The van der Waals surface area contributed by atoms with E-state index in [1.807, 2.05) is 50.5 Å². The highest BCUT2D eigenvalue weighted by Crippen LogP contribution is 2.35. The molecule has 1 saturated heterocycles. The molecule has 3 heterocycles. The van der Waals surface area contributed by atoms with Crippen LogP contribution in [0.4, 0.5) is 5.69 Å². The van der Waals surface area contributed by atoms with E-state index in [2.05, 4.69) is 49.4 Å². The lowest BCUT2D eigenvalue weighted by Gasteiger charge is -2.36. The van der Waals surface area contributed by atoms with E-state index in [0.717, 1.165) is 27.9 Å². The molecule has 3 atom stereocenters. The minimum atomic E-state index is -0.0407. The second kappa shape index (κ2) is 8.69. The van der Waals surface area contributed by atoms with Crippen molar-refractivity contribution in [3.63, 3.8) is 0 Å². The third-order valence-electron chi connectivity index (χ3n) is 5.97. The maximum absolute atomic E-state index is 12.5. The number of amides is 1. The first-order valence-corrected chi connectivity index (χ1v) is 11.9. The zero-order chi connectivity index (χ0) is 22.2.